The van der Waals surface area contributed by atoms with Crippen LogP contribution in [0.1, 0.15) is 72.1 Å². The van der Waals surface area contributed by atoms with E-state index in [0.717, 1.165) is 17.8 Å². The molecule has 2 heteroatoms. The normalized spacial score (nSPS) is 28.9. The van der Waals surface area contributed by atoms with Crippen LogP contribution in [0.3, 0.4) is 0 Å². The first-order valence-electron chi connectivity index (χ1n) is 7.67. The predicted molar refractivity (Wildman–Crippen MR) is 75.5 cm³/mol. The zero-order valence-electron chi connectivity index (χ0n) is 12.0. The molecule has 1 aliphatic rings. The minimum Gasteiger partial charge on any atom is -0.271 e. The summed E-state index contributed by atoms with van der Waals surface area (Å²) in [7, 11) is 0. The minimum atomic E-state index is 0.550. The summed E-state index contributed by atoms with van der Waals surface area (Å²) in [5.41, 5.74) is 3.09. The molecule has 3 N–H and O–H groups in total. The Kier molecular flexibility index (Phi) is 7.14. The third-order valence-electron chi connectivity index (χ3n) is 4.69. The second-order valence-electron chi connectivity index (χ2n) is 6.09. The Hall–Kier alpha value is -0.0800. The molecule has 0 amide bonds. The molecule has 0 bridgehead atoms. The first-order chi connectivity index (χ1) is 8.21. The number of nitrogens with two attached hydrogens (primary N) is 1. The molecule has 0 saturated heterocycles. The van der Waals surface area contributed by atoms with Crippen LogP contribution >= 0.6 is 0 Å². The van der Waals surface area contributed by atoms with E-state index in [1.54, 1.807) is 0 Å². The van der Waals surface area contributed by atoms with E-state index in [-0.39, 0.29) is 0 Å². The highest BCUT2D eigenvalue weighted by molar-refractivity contribution is 4.81. The average molecular weight is 240 g/mol. The van der Waals surface area contributed by atoms with Gasteiger partial charge in [-0.3, -0.25) is 11.3 Å². The number of hydrazine groups is 1. The molecule has 102 valence electrons. The second kappa shape index (κ2) is 8.10. The van der Waals surface area contributed by atoms with Gasteiger partial charge in [0.15, 0.2) is 0 Å². The summed E-state index contributed by atoms with van der Waals surface area (Å²) in [6.07, 6.45) is 10.8. The van der Waals surface area contributed by atoms with Crippen LogP contribution in [-0.2, 0) is 0 Å². The fraction of sp³-hybridized carbons (Fsp3) is 1.00. The van der Waals surface area contributed by atoms with Crippen LogP contribution in [-0.4, -0.2) is 6.04 Å². The Morgan fingerprint density at radius 1 is 1.18 bits per heavy atom. The van der Waals surface area contributed by atoms with E-state index < -0.39 is 0 Å². The van der Waals surface area contributed by atoms with Crippen molar-refractivity contribution in [3.05, 3.63) is 0 Å². The summed E-state index contributed by atoms with van der Waals surface area (Å²) < 4.78 is 0. The van der Waals surface area contributed by atoms with E-state index in [0.29, 0.717) is 6.04 Å². The maximum absolute atomic E-state index is 5.77. The van der Waals surface area contributed by atoms with Crippen molar-refractivity contribution in [1.82, 2.24) is 5.43 Å². The molecule has 0 aromatic rings. The van der Waals surface area contributed by atoms with Gasteiger partial charge < -0.3 is 0 Å². The second-order valence-corrected chi connectivity index (χ2v) is 6.09. The minimum absolute atomic E-state index is 0.550. The standard InChI is InChI=1S/C15H32N2/c1-4-6-12(3)11-15(17-16)14-9-7-13(5-2)8-10-14/h12-15,17H,4-11,16H2,1-3H3. The molecular weight excluding hydrogens is 208 g/mol. The molecule has 1 saturated carbocycles. The van der Waals surface area contributed by atoms with E-state index in [2.05, 4.69) is 26.2 Å². The lowest BCUT2D eigenvalue weighted by atomic mass is 9.75. The molecular formula is C15H32N2. The average Bonchev–Trinajstić information content (AvgIpc) is 2.36. The first-order valence-corrected chi connectivity index (χ1v) is 7.67. The van der Waals surface area contributed by atoms with Crippen molar-refractivity contribution in [2.45, 2.75) is 78.2 Å². The Labute approximate surface area is 108 Å². The number of rotatable bonds is 7. The molecule has 2 atom stereocenters. The number of hydrogen-bond donors (Lipinski definition) is 2. The third kappa shape index (κ3) is 4.97. The van der Waals surface area contributed by atoms with Crippen LogP contribution in [0.15, 0.2) is 0 Å². The van der Waals surface area contributed by atoms with Crippen LogP contribution in [0.4, 0.5) is 0 Å². The molecule has 17 heavy (non-hydrogen) atoms. The van der Waals surface area contributed by atoms with Gasteiger partial charge in [-0.1, -0.05) is 52.9 Å². The smallest absolute Gasteiger partial charge is 0.0241 e. The Morgan fingerprint density at radius 3 is 2.29 bits per heavy atom. The largest absolute Gasteiger partial charge is 0.271 e. The van der Waals surface area contributed by atoms with Crippen LogP contribution in [0.5, 0.6) is 0 Å². The van der Waals surface area contributed by atoms with Gasteiger partial charge in [0.25, 0.3) is 0 Å². The van der Waals surface area contributed by atoms with Gasteiger partial charge in [-0.25, -0.2) is 0 Å². The Balaban J connectivity index is 2.35. The topological polar surface area (TPSA) is 38.0 Å². The van der Waals surface area contributed by atoms with E-state index in [1.807, 2.05) is 0 Å². The molecule has 0 radical (unpaired) electrons. The van der Waals surface area contributed by atoms with Gasteiger partial charge in [0.2, 0.25) is 0 Å². The van der Waals surface area contributed by atoms with Crippen molar-refractivity contribution in [2.75, 3.05) is 0 Å². The van der Waals surface area contributed by atoms with Crippen molar-refractivity contribution < 1.29 is 0 Å². The van der Waals surface area contributed by atoms with Gasteiger partial charge in [0.1, 0.15) is 0 Å². The Morgan fingerprint density at radius 2 is 1.82 bits per heavy atom. The van der Waals surface area contributed by atoms with Crippen LogP contribution < -0.4 is 11.3 Å². The summed E-state index contributed by atoms with van der Waals surface area (Å²) in [6, 6.07) is 0.550. The highest BCUT2D eigenvalue weighted by Gasteiger charge is 2.27. The highest BCUT2D eigenvalue weighted by Crippen LogP contribution is 2.34. The van der Waals surface area contributed by atoms with Gasteiger partial charge in [-0.2, -0.15) is 0 Å². The maximum Gasteiger partial charge on any atom is 0.0241 e. The van der Waals surface area contributed by atoms with Crippen LogP contribution in [0.2, 0.25) is 0 Å². The fourth-order valence-electron chi connectivity index (χ4n) is 3.44. The van der Waals surface area contributed by atoms with Gasteiger partial charge in [-0.05, 0) is 37.0 Å². The first kappa shape index (κ1) is 15.0. The molecule has 1 rings (SSSR count). The number of hydrogen-bond acceptors (Lipinski definition) is 2. The Bertz CT molecular complexity index is 185. The van der Waals surface area contributed by atoms with Crippen molar-refractivity contribution in [3.8, 4) is 0 Å². The highest BCUT2D eigenvalue weighted by atomic mass is 15.2. The maximum atomic E-state index is 5.77. The van der Waals surface area contributed by atoms with Gasteiger partial charge in [0.05, 0.1) is 0 Å². The molecule has 1 fully saturated rings. The van der Waals surface area contributed by atoms with E-state index >= 15 is 0 Å². The molecule has 0 aromatic heterocycles. The quantitative estimate of drug-likeness (QED) is 0.524. The lowest BCUT2D eigenvalue weighted by molar-refractivity contribution is 0.197. The number of nitrogens with one attached hydrogen (secondary N) is 1. The van der Waals surface area contributed by atoms with E-state index in [9.17, 15) is 0 Å². The lowest BCUT2D eigenvalue weighted by Crippen LogP contribution is -2.43. The van der Waals surface area contributed by atoms with Crippen LogP contribution in [0.25, 0.3) is 0 Å². The lowest BCUT2D eigenvalue weighted by Gasteiger charge is -2.34. The molecule has 0 aliphatic heterocycles. The monoisotopic (exact) mass is 240 g/mol. The van der Waals surface area contributed by atoms with Gasteiger partial charge in [0, 0.05) is 6.04 Å². The van der Waals surface area contributed by atoms with Crippen molar-refractivity contribution in [3.63, 3.8) is 0 Å². The molecule has 2 nitrogen and oxygen atoms in total. The molecule has 0 aromatic carbocycles. The van der Waals surface area contributed by atoms with Crippen molar-refractivity contribution in [2.24, 2.45) is 23.6 Å². The summed E-state index contributed by atoms with van der Waals surface area (Å²) in [4.78, 5) is 0. The third-order valence-corrected chi connectivity index (χ3v) is 4.69. The van der Waals surface area contributed by atoms with Gasteiger partial charge >= 0.3 is 0 Å². The summed E-state index contributed by atoms with van der Waals surface area (Å²) >= 11 is 0. The summed E-state index contributed by atoms with van der Waals surface area (Å²) in [6.45, 7) is 6.96. The van der Waals surface area contributed by atoms with Crippen molar-refractivity contribution >= 4 is 0 Å². The van der Waals surface area contributed by atoms with E-state index in [4.69, 9.17) is 5.84 Å². The molecule has 0 heterocycles. The molecule has 2 unspecified atom stereocenters. The molecule has 0 spiro atoms. The summed E-state index contributed by atoms with van der Waals surface area (Å²) in [5.74, 6) is 8.38. The van der Waals surface area contributed by atoms with Crippen LogP contribution in [0, 0.1) is 17.8 Å². The zero-order valence-corrected chi connectivity index (χ0v) is 12.0. The van der Waals surface area contributed by atoms with Gasteiger partial charge in [-0.15, -0.1) is 0 Å². The summed E-state index contributed by atoms with van der Waals surface area (Å²) in [5, 5.41) is 0. The predicted octanol–water partition coefficient (Wildman–Crippen LogP) is 3.86. The molecule has 1 aliphatic carbocycles. The van der Waals surface area contributed by atoms with Crippen molar-refractivity contribution in [1.29, 1.82) is 0 Å². The fourth-order valence-corrected chi connectivity index (χ4v) is 3.44. The SMILES string of the molecule is CCCC(C)CC(NN)C1CCC(CC)CC1. The zero-order chi connectivity index (χ0) is 12.7. The van der Waals surface area contributed by atoms with E-state index in [1.165, 1.54) is 51.4 Å².